The summed E-state index contributed by atoms with van der Waals surface area (Å²) in [6.07, 6.45) is 0.0977. The predicted molar refractivity (Wildman–Crippen MR) is 71.5 cm³/mol. The molecule has 1 saturated heterocycles. The molecule has 0 saturated carbocycles. The zero-order valence-electron chi connectivity index (χ0n) is 11.3. The molecule has 0 bridgehead atoms. The lowest BCUT2D eigenvalue weighted by Gasteiger charge is -2.25. The minimum absolute atomic E-state index is 0.0402. The average molecular weight is 266 g/mol. The smallest absolute Gasteiger partial charge is 0.241 e. The molecule has 0 aliphatic carbocycles. The maximum absolute atomic E-state index is 13.3. The molecular formula is C14H19FN2O2. The molecule has 1 amide bonds. The molecular weight excluding hydrogens is 247 g/mol. The van der Waals surface area contributed by atoms with Crippen LogP contribution in [0.3, 0.4) is 0 Å². The van der Waals surface area contributed by atoms with Crippen LogP contribution >= 0.6 is 0 Å². The molecule has 1 fully saturated rings. The Morgan fingerprint density at radius 1 is 1.37 bits per heavy atom. The summed E-state index contributed by atoms with van der Waals surface area (Å²) in [5.74, 6) is -0.337. The Bertz CT molecular complexity index is 477. The predicted octanol–water partition coefficient (Wildman–Crippen LogP) is 1.55. The van der Waals surface area contributed by atoms with E-state index in [1.54, 1.807) is 24.9 Å². The van der Waals surface area contributed by atoms with Crippen molar-refractivity contribution in [2.45, 2.75) is 19.4 Å². The number of hydrogen-bond donors (Lipinski definition) is 1. The van der Waals surface area contributed by atoms with Crippen LogP contribution < -0.4 is 4.90 Å². The Morgan fingerprint density at radius 2 is 2.11 bits per heavy atom. The van der Waals surface area contributed by atoms with Crippen LogP contribution in [0.5, 0.6) is 0 Å². The molecule has 1 atom stereocenters. The molecule has 1 aliphatic rings. The van der Waals surface area contributed by atoms with Crippen molar-refractivity contribution < 1.29 is 14.3 Å². The van der Waals surface area contributed by atoms with E-state index < -0.39 is 6.10 Å². The van der Waals surface area contributed by atoms with Gasteiger partial charge in [0.15, 0.2) is 0 Å². The van der Waals surface area contributed by atoms with E-state index in [-0.39, 0.29) is 18.3 Å². The summed E-state index contributed by atoms with van der Waals surface area (Å²) in [5.41, 5.74) is 1.26. The van der Waals surface area contributed by atoms with Crippen LogP contribution in [0.15, 0.2) is 18.2 Å². The summed E-state index contributed by atoms with van der Waals surface area (Å²) in [7, 11) is 1.78. The van der Waals surface area contributed by atoms with E-state index in [4.69, 9.17) is 0 Å². The number of carbonyl (C=O) groups is 1. The highest BCUT2D eigenvalue weighted by Crippen LogP contribution is 2.28. The number of benzene rings is 1. The van der Waals surface area contributed by atoms with Gasteiger partial charge < -0.3 is 14.9 Å². The second-order valence-electron chi connectivity index (χ2n) is 4.97. The number of anilines is 1. The van der Waals surface area contributed by atoms with E-state index in [9.17, 15) is 14.3 Å². The lowest BCUT2D eigenvalue weighted by Crippen LogP contribution is -2.34. The highest BCUT2D eigenvalue weighted by Gasteiger charge is 2.22. The van der Waals surface area contributed by atoms with E-state index >= 15 is 0 Å². The van der Waals surface area contributed by atoms with Crippen molar-refractivity contribution in [3.05, 3.63) is 29.6 Å². The molecule has 0 unspecified atom stereocenters. The summed E-state index contributed by atoms with van der Waals surface area (Å²) >= 11 is 0. The highest BCUT2D eigenvalue weighted by atomic mass is 19.1. The van der Waals surface area contributed by atoms with Gasteiger partial charge in [0, 0.05) is 31.4 Å². The Morgan fingerprint density at radius 3 is 2.79 bits per heavy atom. The third-order valence-electron chi connectivity index (χ3n) is 3.45. The molecule has 104 valence electrons. The number of rotatable bonds is 2. The van der Waals surface area contributed by atoms with Gasteiger partial charge in [0.1, 0.15) is 5.82 Å². The van der Waals surface area contributed by atoms with E-state index in [2.05, 4.69) is 0 Å². The van der Waals surface area contributed by atoms with Crippen LogP contribution in [0.2, 0.25) is 0 Å². The van der Waals surface area contributed by atoms with E-state index in [0.29, 0.717) is 5.56 Å². The van der Waals surface area contributed by atoms with Crippen molar-refractivity contribution in [3.63, 3.8) is 0 Å². The number of carbonyl (C=O) groups excluding carboxylic acids is 1. The molecule has 1 N–H and O–H groups in total. The minimum Gasteiger partial charge on any atom is -0.389 e. The second kappa shape index (κ2) is 5.57. The van der Waals surface area contributed by atoms with Crippen LogP contribution in [-0.4, -0.2) is 42.6 Å². The number of aliphatic hydroxyl groups is 1. The second-order valence-corrected chi connectivity index (χ2v) is 4.97. The average Bonchev–Trinajstić information content (AvgIpc) is 2.52. The van der Waals surface area contributed by atoms with Crippen LogP contribution in [0.4, 0.5) is 10.1 Å². The molecule has 0 aromatic heterocycles. The number of amides is 1. The molecule has 2 rings (SSSR count). The standard InChI is InChI=1S/C14H19FN2O2/c1-10(18)12-8-11(15)4-5-13(12)17-7-3-6-16(2)14(19)9-17/h4-5,8,10,18H,3,6-7,9H2,1-2H3/t10-/m0/s1. The van der Waals surface area contributed by atoms with Gasteiger partial charge in [-0.15, -0.1) is 0 Å². The van der Waals surface area contributed by atoms with Crippen LogP contribution in [0.1, 0.15) is 25.0 Å². The summed E-state index contributed by atoms with van der Waals surface area (Å²) in [6, 6.07) is 4.33. The van der Waals surface area contributed by atoms with Crippen molar-refractivity contribution in [1.82, 2.24) is 4.90 Å². The van der Waals surface area contributed by atoms with Gasteiger partial charge in [-0.05, 0) is 31.5 Å². The molecule has 1 aromatic carbocycles. The molecule has 0 radical (unpaired) electrons. The van der Waals surface area contributed by atoms with Gasteiger partial charge in [0.25, 0.3) is 0 Å². The molecule has 1 aliphatic heterocycles. The lowest BCUT2D eigenvalue weighted by atomic mass is 10.1. The van der Waals surface area contributed by atoms with Gasteiger partial charge >= 0.3 is 0 Å². The van der Waals surface area contributed by atoms with Crippen molar-refractivity contribution in [2.75, 3.05) is 31.6 Å². The zero-order valence-corrected chi connectivity index (χ0v) is 11.3. The van der Waals surface area contributed by atoms with Crippen molar-refractivity contribution in [1.29, 1.82) is 0 Å². The lowest BCUT2D eigenvalue weighted by molar-refractivity contribution is -0.127. The van der Waals surface area contributed by atoms with Crippen molar-refractivity contribution in [2.24, 2.45) is 0 Å². The van der Waals surface area contributed by atoms with E-state index in [0.717, 1.165) is 25.2 Å². The number of halogens is 1. The minimum atomic E-state index is -0.762. The Balaban J connectivity index is 2.32. The summed E-state index contributed by atoms with van der Waals surface area (Å²) in [6.45, 7) is 3.31. The summed E-state index contributed by atoms with van der Waals surface area (Å²) in [4.78, 5) is 15.5. The van der Waals surface area contributed by atoms with E-state index in [1.165, 1.54) is 12.1 Å². The number of aliphatic hydroxyl groups excluding tert-OH is 1. The third-order valence-corrected chi connectivity index (χ3v) is 3.45. The molecule has 5 heteroatoms. The normalized spacial score (nSPS) is 18.4. The van der Waals surface area contributed by atoms with Crippen LogP contribution in [0.25, 0.3) is 0 Å². The monoisotopic (exact) mass is 266 g/mol. The van der Waals surface area contributed by atoms with Crippen LogP contribution in [-0.2, 0) is 4.79 Å². The fraction of sp³-hybridized carbons (Fsp3) is 0.500. The fourth-order valence-corrected chi connectivity index (χ4v) is 2.34. The molecule has 1 heterocycles. The van der Waals surface area contributed by atoms with Gasteiger partial charge in [-0.3, -0.25) is 4.79 Å². The molecule has 1 aromatic rings. The maximum Gasteiger partial charge on any atom is 0.241 e. The SMILES string of the molecule is C[C@H](O)c1cc(F)ccc1N1CCCN(C)C(=O)C1. The first-order valence-corrected chi connectivity index (χ1v) is 6.45. The highest BCUT2D eigenvalue weighted by molar-refractivity contribution is 5.82. The van der Waals surface area contributed by atoms with Gasteiger partial charge in [-0.1, -0.05) is 0 Å². The van der Waals surface area contributed by atoms with E-state index in [1.807, 2.05) is 4.90 Å². The molecule has 4 nitrogen and oxygen atoms in total. The van der Waals surface area contributed by atoms with Crippen molar-refractivity contribution in [3.8, 4) is 0 Å². The first-order chi connectivity index (χ1) is 8.99. The largest absolute Gasteiger partial charge is 0.389 e. The summed E-state index contributed by atoms with van der Waals surface area (Å²) in [5, 5.41) is 9.76. The molecule has 19 heavy (non-hydrogen) atoms. The first kappa shape index (κ1) is 13.8. The van der Waals surface area contributed by atoms with Gasteiger partial charge in [0.05, 0.1) is 12.6 Å². The fourth-order valence-electron chi connectivity index (χ4n) is 2.34. The Labute approximate surface area is 112 Å². The van der Waals surface area contributed by atoms with Gasteiger partial charge in [-0.2, -0.15) is 0 Å². The number of likely N-dealkylation sites (N-methyl/N-ethyl adjacent to an activating group) is 1. The van der Waals surface area contributed by atoms with Gasteiger partial charge in [-0.25, -0.2) is 4.39 Å². The van der Waals surface area contributed by atoms with Crippen LogP contribution in [0, 0.1) is 5.82 Å². The molecule has 0 spiro atoms. The third kappa shape index (κ3) is 3.04. The Kier molecular flexibility index (Phi) is 4.04. The Hall–Kier alpha value is -1.62. The zero-order chi connectivity index (χ0) is 14.0. The topological polar surface area (TPSA) is 43.8 Å². The number of hydrogen-bond acceptors (Lipinski definition) is 3. The maximum atomic E-state index is 13.3. The van der Waals surface area contributed by atoms with Crippen molar-refractivity contribution >= 4 is 11.6 Å². The first-order valence-electron chi connectivity index (χ1n) is 6.45. The number of nitrogens with zero attached hydrogens (tertiary/aromatic N) is 2. The van der Waals surface area contributed by atoms with Gasteiger partial charge in [0.2, 0.25) is 5.91 Å². The quantitative estimate of drug-likeness (QED) is 0.883. The summed E-state index contributed by atoms with van der Waals surface area (Å²) < 4.78 is 13.3.